The number of nitrogens with zero attached hydrogens (tertiary/aromatic N) is 7. The molecule has 2 N–H and O–H groups in total. The molecule has 3 aromatic carbocycles. The van der Waals surface area contributed by atoms with Crippen LogP contribution >= 0.6 is 27.5 Å². The number of methoxy groups -OCH3 is 1. The maximum atomic E-state index is 15.5. The van der Waals surface area contributed by atoms with Crippen molar-refractivity contribution in [1.29, 1.82) is 0 Å². The van der Waals surface area contributed by atoms with Gasteiger partial charge in [-0.1, -0.05) is 23.7 Å². The largest absolute Gasteiger partial charge is 0.497 e. The number of hydrogen-bond acceptors (Lipinski definition) is 9. The van der Waals surface area contributed by atoms with E-state index in [9.17, 15) is 35.6 Å². The summed E-state index contributed by atoms with van der Waals surface area (Å²) in [5.74, 6) is -8.88. The number of rotatable bonds is 14. The lowest BCUT2D eigenvalue weighted by Gasteiger charge is -2.24. The highest BCUT2D eigenvalue weighted by atomic mass is 79.9. The Labute approximate surface area is 377 Å². The zero-order chi connectivity index (χ0) is 46.3. The van der Waals surface area contributed by atoms with Gasteiger partial charge in [0.1, 0.15) is 41.1 Å². The normalized spacial score (nSPS) is 16.8. The van der Waals surface area contributed by atoms with Crippen LogP contribution in [0.25, 0.3) is 27.6 Å². The van der Waals surface area contributed by atoms with Gasteiger partial charge in [-0.2, -0.15) is 19.0 Å². The van der Waals surface area contributed by atoms with Crippen molar-refractivity contribution in [3.05, 3.63) is 132 Å². The molecule has 9 rings (SSSR count). The molecule has 1 saturated carbocycles. The summed E-state index contributed by atoms with van der Waals surface area (Å²) in [5, 5.41) is 10.8. The smallest absolute Gasteiger partial charge is 0.293 e. The summed E-state index contributed by atoms with van der Waals surface area (Å²) in [6, 6.07) is 12.1. The Morgan fingerprint density at radius 1 is 1.05 bits per heavy atom. The first-order chi connectivity index (χ1) is 30.8. The number of anilines is 1. The van der Waals surface area contributed by atoms with Crippen LogP contribution in [0.15, 0.2) is 76.1 Å². The zero-order valence-corrected chi connectivity index (χ0v) is 37.0. The van der Waals surface area contributed by atoms with Gasteiger partial charge in [0.15, 0.2) is 11.5 Å². The molecular formula is C42H33BrClF6N9O5S. The highest BCUT2D eigenvalue weighted by molar-refractivity contribution is 9.10. The molecule has 0 spiro atoms. The number of halogens is 8. The van der Waals surface area contributed by atoms with Gasteiger partial charge >= 0.3 is 0 Å². The Bertz CT molecular complexity index is 3240. The molecule has 4 aromatic heterocycles. The van der Waals surface area contributed by atoms with Crippen LogP contribution in [0.4, 0.5) is 32.2 Å². The van der Waals surface area contributed by atoms with Crippen LogP contribution in [0, 0.1) is 17.6 Å². The van der Waals surface area contributed by atoms with Crippen LogP contribution in [0.3, 0.4) is 0 Å². The number of amides is 1. The van der Waals surface area contributed by atoms with Crippen molar-refractivity contribution in [3.63, 3.8) is 0 Å². The fourth-order valence-corrected chi connectivity index (χ4v) is 10.1. The first kappa shape index (κ1) is 44.2. The standard InChI is InChI=1S/C42H33BrClF6N9O5S/c1-57-35-30(8-7-28(44)33(35)39(55-57)56-65(62,63)10-9-19-3-5-24(64-2)6-4-19)59-40(53-38-26(41(59)61)14-21(43)17-51-38)29(13-20-11-22(45)15-23(46)12-20)52-31(60)18-58-36-32(34(54-58)37(47)48)25-16-27(25)42(36,49)50/h3-8,11-12,14-15,17,25,27,29,37H,9-10,13,16,18H2,1-2H3,(H,52,60)(H,55,56)/t25-,27+,29-/m0/s1. The predicted molar refractivity (Wildman–Crippen MR) is 229 cm³/mol. The number of pyridine rings is 1. The van der Waals surface area contributed by atoms with E-state index in [1.54, 1.807) is 24.3 Å². The topological polar surface area (TPSA) is 168 Å². The van der Waals surface area contributed by atoms with E-state index in [4.69, 9.17) is 16.3 Å². The quantitative estimate of drug-likeness (QED) is 0.103. The first-order valence-corrected chi connectivity index (χ1v) is 22.5. The third-order valence-corrected chi connectivity index (χ3v) is 13.4. The van der Waals surface area contributed by atoms with Crippen molar-refractivity contribution >= 4 is 71.2 Å². The molecule has 1 fully saturated rings. The summed E-state index contributed by atoms with van der Waals surface area (Å²) in [4.78, 5) is 37.9. The van der Waals surface area contributed by atoms with Gasteiger partial charge in [-0.3, -0.25) is 28.2 Å². The zero-order valence-electron chi connectivity index (χ0n) is 33.8. The summed E-state index contributed by atoms with van der Waals surface area (Å²) in [7, 11) is -1.13. The van der Waals surface area contributed by atoms with Crippen molar-refractivity contribution in [2.24, 2.45) is 13.0 Å². The minimum Gasteiger partial charge on any atom is -0.497 e. The molecule has 4 heterocycles. The number of nitrogens with one attached hydrogen (secondary N) is 2. The van der Waals surface area contributed by atoms with Crippen molar-refractivity contribution in [2.45, 2.75) is 50.1 Å². The van der Waals surface area contributed by atoms with Crippen LogP contribution in [-0.4, -0.2) is 61.3 Å². The minimum atomic E-state index is -4.10. The van der Waals surface area contributed by atoms with E-state index in [0.717, 1.165) is 16.7 Å². The minimum absolute atomic E-state index is 0.00698. The predicted octanol–water partition coefficient (Wildman–Crippen LogP) is 7.80. The van der Waals surface area contributed by atoms with E-state index in [0.29, 0.717) is 26.5 Å². The molecule has 0 bridgehead atoms. The van der Waals surface area contributed by atoms with Crippen LogP contribution in [0.5, 0.6) is 5.75 Å². The summed E-state index contributed by atoms with van der Waals surface area (Å²) in [6.07, 6.45) is -2.23. The number of sulfonamides is 1. The van der Waals surface area contributed by atoms with Crippen molar-refractivity contribution in [1.82, 2.24) is 39.4 Å². The molecule has 3 atom stereocenters. The molecule has 1 amide bonds. The van der Waals surface area contributed by atoms with E-state index in [1.807, 2.05) is 0 Å². The SMILES string of the molecule is COc1ccc(CCS(=O)(=O)Nc2nn(C)c3c(-n4c([C@H](Cc5cc(F)cc(F)c5)NC(=O)Cn5nc(C(F)F)c6c5C(F)(F)[C@@H]5C[C@H]65)nc5ncc(Br)cc5c4=O)ccc(Cl)c23)cc1. The molecule has 0 unspecified atom stereocenters. The highest BCUT2D eigenvalue weighted by Crippen LogP contribution is 2.68. The Balaban J connectivity index is 1.16. The van der Waals surface area contributed by atoms with E-state index in [2.05, 4.69) is 46.1 Å². The van der Waals surface area contributed by atoms with Gasteiger partial charge in [-0.05, 0) is 88.3 Å². The average Bonchev–Trinajstić information content (AvgIpc) is 3.78. The number of aryl methyl sites for hydroxylation is 2. The van der Waals surface area contributed by atoms with Crippen molar-refractivity contribution in [2.75, 3.05) is 17.6 Å². The Hall–Kier alpha value is -6.00. The molecule has 14 nitrogen and oxygen atoms in total. The van der Waals surface area contributed by atoms with E-state index < -0.39 is 87.7 Å². The van der Waals surface area contributed by atoms with Crippen LogP contribution in [-0.2, 0) is 47.2 Å². The van der Waals surface area contributed by atoms with Crippen LogP contribution in [0.2, 0.25) is 5.02 Å². The molecule has 0 aliphatic heterocycles. The molecule has 23 heteroatoms. The fourth-order valence-electron chi connectivity index (χ4n) is 8.51. The van der Waals surface area contributed by atoms with E-state index in [-0.39, 0.29) is 74.0 Å². The summed E-state index contributed by atoms with van der Waals surface area (Å²) < 4.78 is 127. The second-order valence-corrected chi connectivity index (χ2v) is 18.9. The van der Waals surface area contributed by atoms with E-state index in [1.165, 1.54) is 43.2 Å². The highest BCUT2D eigenvalue weighted by Gasteiger charge is 2.67. The fraction of sp³-hybridized carbons (Fsp3) is 0.286. The number of ether oxygens (including phenoxy) is 1. The number of carbonyl (C=O) groups excluding carboxylic acids is 1. The second-order valence-electron chi connectivity index (χ2n) is 15.7. The van der Waals surface area contributed by atoms with Gasteiger partial charge in [-0.25, -0.2) is 35.9 Å². The Morgan fingerprint density at radius 3 is 2.46 bits per heavy atom. The lowest BCUT2D eigenvalue weighted by Crippen LogP contribution is -2.38. The monoisotopic (exact) mass is 1000 g/mol. The summed E-state index contributed by atoms with van der Waals surface area (Å²) in [5.41, 5.74) is -2.12. The maximum absolute atomic E-state index is 15.5. The first-order valence-electron chi connectivity index (χ1n) is 19.7. The van der Waals surface area contributed by atoms with Crippen LogP contribution < -0.4 is 20.3 Å². The van der Waals surface area contributed by atoms with Gasteiger partial charge in [0.05, 0.1) is 45.9 Å². The molecular weight excluding hydrogens is 972 g/mol. The van der Waals surface area contributed by atoms with Gasteiger partial charge in [0.2, 0.25) is 15.9 Å². The summed E-state index contributed by atoms with van der Waals surface area (Å²) in [6.45, 7) is -0.990. The molecule has 65 heavy (non-hydrogen) atoms. The lowest BCUT2D eigenvalue weighted by molar-refractivity contribution is -0.123. The van der Waals surface area contributed by atoms with Crippen molar-refractivity contribution < 1.29 is 44.3 Å². The maximum Gasteiger partial charge on any atom is 0.293 e. The van der Waals surface area contributed by atoms with E-state index >= 15 is 8.78 Å². The number of alkyl halides is 4. The molecule has 0 saturated heterocycles. The van der Waals surface area contributed by atoms with Gasteiger partial charge < -0.3 is 10.1 Å². The van der Waals surface area contributed by atoms with Gasteiger partial charge in [0, 0.05) is 41.7 Å². The Kier molecular flexibility index (Phi) is 11.2. The van der Waals surface area contributed by atoms with Crippen LogP contribution in [0.1, 0.15) is 58.7 Å². The number of carbonyl (C=O) groups is 1. The lowest BCUT2D eigenvalue weighted by atomic mass is 10.0. The third kappa shape index (κ3) is 8.19. The summed E-state index contributed by atoms with van der Waals surface area (Å²) >= 11 is 10.1. The van der Waals surface area contributed by atoms with Crippen molar-refractivity contribution in [3.8, 4) is 11.4 Å². The molecule has 7 aromatic rings. The average molecular weight is 1010 g/mol. The van der Waals surface area contributed by atoms with Gasteiger partial charge in [-0.15, -0.1) is 0 Å². The Morgan fingerprint density at radius 2 is 1.77 bits per heavy atom. The molecule has 0 radical (unpaired) electrons. The molecule has 338 valence electrons. The number of benzene rings is 3. The number of aromatic nitrogens is 7. The number of hydrogen-bond donors (Lipinski definition) is 2. The second kappa shape index (κ2) is 16.5. The third-order valence-electron chi connectivity index (χ3n) is 11.4. The molecule has 2 aliphatic carbocycles. The van der Waals surface area contributed by atoms with Gasteiger partial charge in [0.25, 0.3) is 17.9 Å². The number of fused-ring (bicyclic) bond motifs is 5. The molecule has 2 aliphatic rings.